The van der Waals surface area contributed by atoms with Crippen molar-refractivity contribution in [1.82, 2.24) is 14.8 Å². The number of carbonyl (C=O) groups is 2. The van der Waals surface area contributed by atoms with E-state index in [4.69, 9.17) is 14.2 Å². The van der Waals surface area contributed by atoms with Crippen molar-refractivity contribution >= 4 is 28.8 Å². The number of hydrogen-bond donors (Lipinski definition) is 1. The second-order valence-corrected chi connectivity index (χ2v) is 14.4. The number of benzene rings is 1. The lowest BCUT2D eigenvalue weighted by atomic mass is 9.79. The first kappa shape index (κ1) is 39.4. The van der Waals surface area contributed by atoms with Crippen molar-refractivity contribution in [3.05, 3.63) is 64.0 Å². The fourth-order valence-corrected chi connectivity index (χ4v) is 8.23. The van der Waals surface area contributed by atoms with Crippen LogP contribution < -0.4 is 19.1 Å². The number of rotatable bonds is 7. The zero-order valence-corrected chi connectivity index (χ0v) is 30.3. The minimum atomic E-state index is -4.94. The Morgan fingerprint density at radius 1 is 0.963 bits per heavy atom. The van der Waals surface area contributed by atoms with Crippen molar-refractivity contribution in [1.29, 1.82) is 0 Å². The summed E-state index contributed by atoms with van der Waals surface area (Å²) in [7, 11) is 0. The van der Waals surface area contributed by atoms with E-state index in [0.717, 1.165) is 29.8 Å². The average Bonchev–Trinajstić information content (AvgIpc) is 3.64. The number of ether oxygens (including phenoxy) is 3. The molecule has 2 saturated heterocycles. The van der Waals surface area contributed by atoms with Gasteiger partial charge in [0.15, 0.2) is 0 Å². The fourth-order valence-electron chi connectivity index (χ4n) is 7.55. The molecule has 3 aliphatic rings. The van der Waals surface area contributed by atoms with Crippen molar-refractivity contribution < 1.29 is 55.2 Å². The molecule has 2 atom stereocenters. The van der Waals surface area contributed by atoms with Gasteiger partial charge >= 0.3 is 12.4 Å². The normalized spacial score (nSPS) is 21.9. The Morgan fingerprint density at radius 2 is 1.70 bits per heavy atom. The zero-order chi connectivity index (χ0) is 38.5. The van der Waals surface area contributed by atoms with Gasteiger partial charge in [0, 0.05) is 56.8 Å². The van der Waals surface area contributed by atoms with Gasteiger partial charge in [-0.15, -0.1) is 11.3 Å². The Kier molecular flexibility index (Phi) is 12.1. The van der Waals surface area contributed by atoms with Crippen molar-refractivity contribution in [2.24, 2.45) is 0 Å². The van der Waals surface area contributed by atoms with Gasteiger partial charge in [0.2, 0.25) is 11.5 Å². The van der Waals surface area contributed by atoms with Gasteiger partial charge in [-0.25, -0.2) is 4.98 Å². The number of aliphatic hydroxyl groups is 1. The van der Waals surface area contributed by atoms with Crippen molar-refractivity contribution in [3.8, 4) is 17.4 Å². The highest BCUT2D eigenvalue weighted by atomic mass is 32.1. The Morgan fingerprint density at radius 3 is 2.43 bits per heavy atom. The highest BCUT2D eigenvalue weighted by molar-refractivity contribution is 7.10. The molecule has 0 bridgehead atoms. The van der Waals surface area contributed by atoms with E-state index >= 15 is 4.79 Å². The Bertz CT molecular complexity index is 1760. The fraction of sp³-hybridized carbons (Fsp3) is 0.541. The van der Waals surface area contributed by atoms with Crippen LogP contribution in [0.3, 0.4) is 0 Å². The number of anilines is 1. The molecule has 1 N–H and O–H groups in total. The van der Waals surface area contributed by atoms with Gasteiger partial charge in [0.1, 0.15) is 28.5 Å². The van der Waals surface area contributed by atoms with Crippen LogP contribution in [0, 0.1) is 0 Å². The molecule has 0 radical (unpaired) electrons. The van der Waals surface area contributed by atoms with E-state index in [0.29, 0.717) is 61.9 Å². The third-order valence-corrected chi connectivity index (χ3v) is 11.0. The third-order valence-electron chi connectivity index (χ3n) is 10.1. The number of hydrogen-bond acceptors (Lipinski definition) is 9. The molecule has 0 saturated carbocycles. The predicted octanol–water partition coefficient (Wildman–Crippen LogP) is 7.06. The molecule has 0 aliphatic carbocycles. The number of nitrogens with zero attached hydrogens (tertiary/aromatic N) is 4. The second kappa shape index (κ2) is 16.6. The van der Waals surface area contributed by atoms with Gasteiger partial charge in [0.05, 0.1) is 30.5 Å². The van der Waals surface area contributed by atoms with Crippen LogP contribution in [0.15, 0.2) is 48.0 Å². The van der Waals surface area contributed by atoms with E-state index in [-0.39, 0.29) is 64.5 Å². The van der Waals surface area contributed by atoms with E-state index in [1.165, 1.54) is 4.90 Å². The average molecular weight is 785 g/mol. The van der Waals surface area contributed by atoms with Crippen molar-refractivity contribution in [2.45, 2.75) is 75.4 Å². The highest BCUT2D eigenvalue weighted by Gasteiger charge is 2.56. The first-order chi connectivity index (χ1) is 25.8. The lowest BCUT2D eigenvalue weighted by Gasteiger charge is -2.51. The Labute approximate surface area is 312 Å². The molecule has 17 heteroatoms. The summed E-state index contributed by atoms with van der Waals surface area (Å²) in [6, 6.07) is 7.64. The number of alkyl halides is 6. The van der Waals surface area contributed by atoms with Gasteiger partial charge in [-0.2, -0.15) is 26.3 Å². The summed E-state index contributed by atoms with van der Waals surface area (Å²) in [5.74, 6) is -1.74. The minimum absolute atomic E-state index is 0.0120. The molecule has 2 fully saturated rings. The van der Waals surface area contributed by atoms with Crippen molar-refractivity contribution in [2.75, 3.05) is 57.4 Å². The maximum Gasteiger partial charge on any atom is 0.425 e. The maximum atomic E-state index is 15.1. The summed E-state index contributed by atoms with van der Waals surface area (Å²) in [6.45, 7) is 0.969. The Balaban J connectivity index is 1.39. The smallest absolute Gasteiger partial charge is 0.425 e. The first-order valence-electron chi connectivity index (χ1n) is 18.0. The van der Waals surface area contributed by atoms with E-state index in [2.05, 4.69) is 4.98 Å². The molecule has 54 heavy (non-hydrogen) atoms. The molecule has 10 nitrogen and oxygen atoms in total. The quantitative estimate of drug-likeness (QED) is 0.254. The van der Waals surface area contributed by atoms with Crippen LogP contribution in [0.4, 0.5) is 32.0 Å². The van der Waals surface area contributed by atoms with E-state index in [1.807, 2.05) is 17.0 Å². The number of thiophene rings is 1. The van der Waals surface area contributed by atoms with E-state index in [1.54, 1.807) is 17.0 Å². The van der Waals surface area contributed by atoms with Gasteiger partial charge in [-0.3, -0.25) is 9.59 Å². The molecular formula is C37H42F6N4O6S. The summed E-state index contributed by atoms with van der Waals surface area (Å²) in [6.07, 6.45) is -5.27. The number of piperazine rings is 1. The standard InChI is InChI=1S/C37H42F6N4O6S/c38-36(39,40)26-12-14-44-32-31(26)33(49)47-15-8-13-35(29(47)11-4-2-1-3-7-21-52-32,53-25-23-30(54-24-25)37(41,42)43)34(50)46-18-16-45(17-19-46)27-9-5-6-10-28(27)51-22-20-48/h5-6,9-10,12,14,23-24,29,48H,1-4,7-8,11,13,15-22H2. The first-order valence-corrected chi connectivity index (χ1v) is 18.9. The van der Waals surface area contributed by atoms with Gasteiger partial charge in [-0.05, 0) is 37.5 Å². The molecule has 6 rings (SSSR count). The van der Waals surface area contributed by atoms with Crippen LogP contribution in [0.1, 0.15) is 72.2 Å². The largest absolute Gasteiger partial charge is 0.489 e. The van der Waals surface area contributed by atoms with Crippen molar-refractivity contribution in [3.63, 3.8) is 0 Å². The molecule has 3 aliphatic heterocycles. The number of carbonyl (C=O) groups excluding carboxylic acids is 2. The zero-order valence-electron chi connectivity index (χ0n) is 29.5. The Hall–Kier alpha value is -4.25. The van der Waals surface area contributed by atoms with Crippen LogP contribution in [0.5, 0.6) is 17.4 Å². The van der Waals surface area contributed by atoms with Gasteiger partial charge < -0.3 is 34.0 Å². The number of aromatic nitrogens is 1. The van der Waals surface area contributed by atoms with Crippen LogP contribution in [-0.4, -0.2) is 95.9 Å². The van der Waals surface area contributed by atoms with E-state index in [9.17, 15) is 36.2 Å². The molecule has 5 heterocycles. The maximum absolute atomic E-state index is 15.1. The van der Waals surface area contributed by atoms with E-state index < -0.39 is 57.7 Å². The number of amides is 2. The SMILES string of the molecule is O=C1c2c(C(F)(F)F)ccnc2OCCCCCCCC2N1CCCC2(Oc1csc(C(F)(F)F)c1)C(=O)N1CCN(c2ccccc2OCCO)CC1. The van der Waals surface area contributed by atoms with Crippen LogP contribution in [-0.2, 0) is 17.1 Å². The summed E-state index contributed by atoms with van der Waals surface area (Å²) in [4.78, 5) is 37.5. The molecule has 2 aromatic heterocycles. The summed E-state index contributed by atoms with van der Waals surface area (Å²) < 4.78 is 103. The van der Waals surface area contributed by atoms with Crippen LogP contribution >= 0.6 is 11.3 Å². The molecule has 1 aromatic carbocycles. The lowest BCUT2D eigenvalue weighted by Crippen LogP contribution is -2.69. The third kappa shape index (κ3) is 8.51. The molecule has 0 spiro atoms. The minimum Gasteiger partial charge on any atom is -0.489 e. The number of halogens is 6. The number of para-hydroxylation sites is 2. The molecule has 2 amide bonds. The second-order valence-electron chi connectivity index (χ2n) is 13.5. The van der Waals surface area contributed by atoms with Crippen LogP contribution in [0.2, 0.25) is 0 Å². The molecular weight excluding hydrogens is 742 g/mol. The molecule has 3 aromatic rings. The van der Waals surface area contributed by atoms with Gasteiger partial charge in [-0.1, -0.05) is 37.8 Å². The lowest BCUT2D eigenvalue weighted by molar-refractivity contribution is -0.159. The number of piperidine rings is 1. The highest BCUT2D eigenvalue weighted by Crippen LogP contribution is 2.44. The number of fused-ring (bicyclic) bond motifs is 2. The van der Waals surface area contributed by atoms with Crippen LogP contribution in [0.25, 0.3) is 0 Å². The summed E-state index contributed by atoms with van der Waals surface area (Å²) in [5, 5.41) is 10.4. The summed E-state index contributed by atoms with van der Waals surface area (Å²) in [5.41, 5.74) is -3.18. The number of pyridine rings is 1. The molecule has 294 valence electrons. The summed E-state index contributed by atoms with van der Waals surface area (Å²) >= 11 is 0.403. The topological polar surface area (TPSA) is 105 Å². The number of aliphatic hydroxyl groups excluding tert-OH is 1. The van der Waals surface area contributed by atoms with Gasteiger partial charge in [0.25, 0.3) is 11.8 Å². The monoisotopic (exact) mass is 784 g/mol. The molecule has 2 unspecified atom stereocenters. The predicted molar refractivity (Wildman–Crippen MR) is 187 cm³/mol.